The summed E-state index contributed by atoms with van der Waals surface area (Å²) >= 11 is 6.11. The fraction of sp³-hybridized carbons (Fsp3) is 0.647. The second-order valence-electron chi connectivity index (χ2n) is 7.20. The maximum atomic E-state index is 12.8. The maximum Gasteiger partial charge on any atom is 0.243 e. The average molecular weight is 374 g/mol. The third-order valence-electron chi connectivity index (χ3n) is 5.56. The van der Waals surface area contributed by atoms with Crippen LogP contribution in [0.15, 0.2) is 23.1 Å². The van der Waals surface area contributed by atoms with Crippen LogP contribution in [0.25, 0.3) is 0 Å². The van der Waals surface area contributed by atoms with Gasteiger partial charge in [-0.3, -0.25) is 0 Å². The number of nitrogens with one attached hydrogen (secondary N) is 2. The molecule has 2 aliphatic rings. The van der Waals surface area contributed by atoms with Crippen molar-refractivity contribution < 1.29 is 18.2 Å². The van der Waals surface area contributed by atoms with Gasteiger partial charge in [-0.2, -0.15) is 4.31 Å². The van der Waals surface area contributed by atoms with Crippen LogP contribution in [0.5, 0.6) is 0 Å². The highest BCUT2D eigenvalue weighted by Gasteiger charge is 2.35. The molecule has 0 bridgehead atoms. The van der Waals surface area contributed by atoms with Crippen LogP contribution in [0.4, 0.5) is 0 Å². The molecule has 3 rings (SSSR count). The number of sulfonamides is 1. The van der Waals surface area contributed by atoms with Gasteiger partial charge in [0, 0.05) is 31.0 Å². The lowest BCUT2D eigenvalue weighted by atomic mass is 10.0. The van der Waals surface area contributed by atoms with Gasteiger partial charge in [0.2, 0.25) is 10.0 Å². The molecule has 1 aromatic carbocycles. The molecule has 1 aromatic rings. The number of rotatable bonds is 3. The molecule has 0 atom stereocenters. The third kappa shape index (κ3) is 3.78. The molecule has 5 nitrogen and oxygen atoms in total. The highest BCUT2D eigenvalue weighted by Crippen LogP contribution is 2.24. The average Bonchev–Trinajstić information content (AvgIpc) is 2.58. The van der Waals surface area contributed by atoms with Gasteiger partial charge in [-0.25, -0.2) is 8.42 Å². The Morgan fingerprint density at radius 1 is 1.12 bits per heavy atom. The normalized spacial score (nSPS) is 27.3. The fourth-order valence-corrected chi connectivity index (χ4v) is 5.54. The molecule has 7 heteroatoms. The smallest absolute Gasteiger partial charge is 0.243 e. The summed E-state index contributed by atoms with van der Waals surface area (Å²) in [6.45, 7) is 7.96. The Bertz CT molecular complexity index is 679. The number of halogens is 1. The van der Waals surface area contributed by atoms with Crippen molar-refractivity contribution in [3.8, 4) is 0 Å². The second kappa shape index (κ2) is 7.30. The summed E-state index contributed by atoms with van der Waals surface area (Å²) in [5.74, 6) is 0. The summed E-state index contributed by atoms with van der Waals surface area (Å²) in [6.07, 6.45) is 1.90. The molecule has 0 spiro atoms. The van der Waals surface area contributed by atoms with Gasteiger partial charge in [0.1, 0.15) is 26.2 Å². The first-order chi connectivity index (χ1) is 11.4. The standard InChI is InChI=1S/C17H26ClN3O2S/c1-14-3-4-16(13-17(14)18)24(22,23)21-7-5-15(6-8-21)20-11-9-19(2)10-12-20/h3-4,13,15H,5-12H2,1-2H3/p+2. The third-order valence-corrected chi connectivity index (χ3v) is 7.86. The van der Waals surface area contributed by atoms with E-state index in [4.69, 9.17) is 11.6 Å². The van der Waals surface area contributed by atoms with E-state index in [0.717, 1.165) is 18.4 Å². The minimum Gasteiger partial charge on any atom is -0.328 e. The van der Waals surface area contributed by atoms with Crippen LogP contribution in [0, 0.1) is 6.92 Å². The lowest BCUT2D eigenvalue weighted by Gasteiger charge is -2.38. The van der Waals surface area contributed by atoms with E-state index in [1.54, 1.807) is 32.3 Å². The maximum absolute atomic E-state index is 12.8. The van der Waals surface area contributed by atoms with Crippen LogP contribution >= 0.6 is 11.6 Å². The van der Waals surface area contributed by atoms with Crippen molar-refractivity contribution in [3.05, 3.63) is 28.8 Å². The van der Waals surface area contributed by atoms with Crippen LogP contribution in [0.1, 0.15) is 18.4 Å². The monoisotopic (exact) mass is 373 g/mol. The molecule has 2 saturated heterocycles. The van der Waals surface area contributed by atoms with Gasteiger partial charge in [-0.05, 0) is 24.6 Å². The van der Waals surface area contributed by atoms with Crippen LogP contribution in [-0.2, 0) is 10.0 Å². The molecule has 0 saturated carbocycles. The molecule has 0 radical (unpaired) electrons. The summed E-state index contributed by atoms with van der Waals surface area (Å²) in [6, 6.07) is 5.62. The van der Waals surface area contributed by atoms with Crippen molar-refractivity contribution in [3.63, 3.8) is 0 Å². The van der Waals surface area contributed by atoms with Crippen molar-refractivity contribution >= 4 is 21.6 Å². The number of likely N-dealkylation sites (N-methyl/N-ethyl adjacent to an activating group) is 1. The SMILES string of the molecule is Cc1ccc(S(=O)(=O)N2CCC([NH+]3CC[NH+](C)CC3)CC2)cc1Cl. The van der Waals surface area contributed by atoms with Gasteiger partial charge in [-0.1, -0.05) is 17.7 Å². The Labute approximate surface area is 150 Å². The molecule has 0 amide bonds. The minimum absolute atomic E-state index is 0.312. The Morgan fingerprint density at radius 2 is 1.75 bits per heavy atom. The first kappa shape index (κ1) is 18.1. The Balaban J connectivity index is 1.64. The molecular weight excluding hydrogens is 346 g/mol. The van der Waals surface area contributed by atoms with Crippen molar-refractivity contribution in [2.24, 2.45) is 0 Å². The van der Waals surface area contributed by atoms with Crippen LogP contribution in [0.3, 0.4) is 0 Å². The van der Waals surface area contributed by atoms with Gasteiger partial charge in [0.15, 0.2) is 0 Å². The topological polar surface area (TPSA) is 46.3 Å². The van der Waals surface area contributed by atoms with Crippen LogP contribution in [0.2, 0.25) is 5.02 Å². The molecule has 0 aliphatic carbocycles. The molecule has 2 N–H and O–H groups in total. The molecule has 2 aliphatic heterocycles. The predicted molar refractivity (Wildman–Crippen MR) is 95.3 cm³/mol. The molecule has 0 unspecified atom stereocenters. The quantitative estimate of drug-likeness (QED) is 0.730. The van der Waals surface area contributed by atoms with Crippen LogP contribution < -0.4 is 9.80 Å². The molecule has 0 aromatic heterocycles. The summed E-state index contributed by atoms with van der Waals surface area (Å²) in [7, 11) is -1.18. The number of piperazine rings is 1. The first-order valence-electron chi connectivity index (χ1n) is 8.80. The lowest BCUT2D eigenvalue weighted by Crippen LogP contribution is -3.28. The van der Waals surface area contributed by atoms with Crippen LogP contribution in [-0.4, -0.2) is 65.1 Å². The Hall–Kier alpha value is -0.660. The van der Waals surface area contributed by atoms with E-state index in [9.17, 15) is 8.42 Å². The highest BCUT2D eigenvalue weighted by molar-refractivity contribution is 7.89. The number of piperidine rings is 1. The van der Waals surface area contributed by atoms with Gasteiger partial charge in [0.05, 0.1) is 18.0 Å². The predicted octanol–water partition coefficient (Wildman–Crippen LogP) is -0.785. The number of quaternary nitrogens is 2. The summed E-state index contributed by atoms with van der Waals surface area (Å²) in [5.41, 5.74) is 0.898. The molecular formula is C17H28ClN3O2S+2. The number of benzene rings is 1. The van der Waals surface area contributed by atoms with E-state index in [1.165, 1.54) is 26.2 Å². The van der Waals surface area contributed by atoms with Crippen molar-refractivity contribution in [1.82, 2.24) is 4.31 Å². The molecule has 2 heterocycles. The zero-order valence-electron chi connectivity index (χ0n) is 14.5. The Kier molecular flexibility index (Phi) is 5.52. The van der Waals surface area contributed by atoms with Gasteiger partial charge in [-0.15, -0.1) is 0 Å². The zero-order chi connectivity index (χ0) is 17.3. The lowest BCUT2D eigenvalue weighted by molar-refractivity contribution is -1.02. The van der Waals surface area contributed by atoms with Gasteiger partial charge in [0.25, 0.3) is 0 Å². The Morgan fingerprint density at radius 3 is 2.33 bits per heavy atom. The largest absolute Gasteiger partial charge is 0.328 e. The van der Waals surface area contributed by atoms with E-state index >= 15 is 0 Å². The zero-order valence-corrected chi connectivity index (χ0v) is 16.1. The highest BCUT2D eigenvalue weighted by atomic mass is 35.5. The van der Waals surface area contributed by atoms with Gasteiger partial charge < -0.3 is 9.80 Å². The van der Waals surface area contributed by atoms with E-state index in [-0.39, 0.29) is 0 Å². The number of hydrogen-bond acceptors (Lipinski definition) is 2. The fourth-order valence-electron chi connectivity index (χ4n) is 3.79. The van der Waals surface area contributed by atoms with Gasteiger partial charge >= 0.3 is 0 Å². The van der Waals surface area contributed by atoms with E-state index in [0.29, 0.717) is 29.0 Å². The molecule has 2 fully saturated rings. The first-order valence-corrected chi connectivity index (χ1v) is 10.6. The minimum atomic E-state index is -3.43. The second-order valence-corrected chi connectivity index (χ2v) is 9.55. The van der Waals surface area contributed by atoms with E-state index in [1.807, 2.05) is 6.92 Å². The van der Waals surface area contributed by atoms with Crippen molar-refractivity contribution in [1.29, 1.82) is 0 Å². The molecule has 134 valence electrons. The number of aryl methyl sites for hydroxylation is 1. The number of nitrogens with zero attached hydrogens (tertiary/aromatic N) is 1. The summed E-state index contributed by atoms with van der Waals surface area (Å²) in [5, 5.41) is 0.510. The molecule has 24 heavy (non-hydrogen) atoms. The summed E-state index contributed by atoms with van der Waals surface area (Å²) in [4.78, 5) is 3.58. The van der Waals surface area contributed by atoms with Crippen molar-refractivity contribution in [2.75, 3.05) is 46.3 Å². The van der Waals surface area contributed by atoms with Crippen molar-refractivity contribution in [2.45, 2.75) is 30.7 Å². The number of hydrogen-bond donors (Lipinski definition) is 2. The van der Waals surface area contributed by atoms with E-state index in [2.05, 4.69) is 7.05 Å². The van der Waals surface area contributed by atoms with E-state index < -0.39 is 10.0 Å². The summed E-state index contributed by atoms with van der Waals surface area (Å²) < 4.78 is 27.3.